The molecule has 4 heterocycles. The number of thiocarbonyl (C=S) groups is 1. The number of rotatable bonds is 10. The number of hydrogen-bond acceptors (Lipinski definition) is 9. The van der Waals surface area contributed by atoms with Gasteiger partial charge >= 0.3 is 6.18 Å². The first-order chi connectivity index (χ1) is 28.4. The zero-order chi connectivity index (χ0) is 43.3. The van der Waals surface area contributed by atoms with E-state index in [1.54, 1.807) is 31.6 Å². The summed E-state index contributed by atoms with van der Waals surface area (Å²) in [7, 11) is 1.78. The van der Waals surface area contributed by atoms with Crippen LogP contribution in [0.1, 0.15) is 108 Å². The van der Waals surface area contributed by atoms with E-state index in [2.05, 4.69) is 34.5 Å². The van der Waals surface area contributed by atoms with Crippen molar-refractivity contribution < 1.29 is 37.1 Å². The highest BCUT2D eigenvalue weighted by molar-refractivity contribution is 7.80. The lowest BCUT2D eigenvalue weighted by Gasteiger charge is -2.42. The minimum Gasteiger partial charge on any atom is -0.378 e. The Hall–Kier alpha value is -4.92. The number of benzene rings is 2. The van der Waals surface area contributed by atoms with Crippen molar-refractivity contribution in [2.75, 3.05) is 23.4 Å². The zero-order valence-corrected chi connectivity index (χ0v) is 35.3. The number of carbonyl (C=O) groups excluding carboxylic acids is 4. The number of hydrogen-bond donors (Lipinski definition) is 2. The summed E-state index contributed by atoms with van der Waals surface area (Å²) in [6.45, 7) is 8.62. The quantitative estimate of drug-likeness (QED) is 0.170. The van der Waals surface area contributed by atoms with Crippen molar-refractivity contribution in [3.05, 3.63) is 53.2 Å². The van der Waals surface area contributed by atoms with E-state index in [-0.39, 0.29) is 65.7 Å². The van der Waals surface area contributed by atoms with Gasteiger partial charge in [0.1, 0.15) is 5.54 Å². The van der Waals surface area contributed by atoms with Gasteiger partial charge in [-0.3, -0.25) is 39.0 Å². The second-order valence-electron chi connectivity index (χ2n) is 17.3. The minimum absolute atomic E-state index is 0.0104. The lowest BCUT2D eigenvalue weighted by molar-refractivity contribution is -0.138. The number of fused-ring (bicyclic) bond motifs is 1. The third-order valence-electron chi connectivity index (χ3n) is 12.8. The van der Waals surface area contributed by atoms with E-state index in [0.717, 1.165) is 55.1 Å². The van der Waals surface area contributed by atoms with Gasteiger partial charge in [0.15, 0.2) is 5.11 Å². The number of nitrogens with zero attached hydrogens (tertiary/aromatic N) is 6. The summed E-state index contributed by atoms with van der Waals surface area (Å²) >= 11 is 5.75. The van der Waals surface area contributed by atoms with Gasteiger partial charge in [0.25, 0.3) is 5.91 Å². The number of aromatic nitrogens is 2. The Morgan fingerprint density at radius 2 is 1.77 bits per heavy atom. The van der Waals surface area contributed by atoms with Crippen LogP contribution in [0, 0.1) is 17.2 Å². The first-order valence-corrected chi connectivity index (χ1v) is 21.1. The fourth-order valence-electron chi connectivity index (χ4n) is 9.87. The summed E-state index contributed by atoms with van der Waals surface area (Å²) in [4.78, 5) is 56.8. The molecule has 60 heavy (non-hydrogen) atoms. The maximum Gasteiger partial charge on any atom is 0.417 e. The first-order valence-electron chi connectivity index (χ1n) is 20.6. The van der Waals surface area contributed by atoms with E-state index in [1.165, 1.54) is 11.0 Å². The van der Waals surface area contributed by atoms with Gasteiger partial charge in [-0.15, -0.1) is 0 Å². The Labute approximate surface area is 352 Å². The minimum atomic E-state index is -4.76. The molecule has 4 amide bonds. The standard InChI is InChI=1S/C43H51F3N8O5S/c1-24-19-26(20-25(2)52(24)23-36(56)48-34-8-6-7-31-37(50-51(5)38(31)34)32-15-16-35(55)49-39(32)57)17-18-59-30-13-11-28(12-14-30)54-41(60)53(40(58)42(54,3)4)29-10-9-27(22-47)33(21-29)43(44,45)46/h6-10,21,24-26,28,30,32H,11-20,23H2,1-5H3,(H,48,56)(H,49,55,57)/t24-,25+,26-,28-,30-,32?. The molecule has 3 saturated heterocycles. The molecule has 1 saturated carbocycles. The Balaban J connectivity index is 0.884. The van der Waals surface area contributed by atoms with E-state index in [4.69, 9.17) is 17.0 Å². The van der Waals surface area contributed by atoms with Crippen LogP contribution >= 0.6 is 12.2 Å². The van der Waals surface area contributed by atoms with Gasteiger partial charge in [0.05, 0.1) is 58.3 Å². The number of aryl methyl sites for hydroxylation is 1. The van der Waals surface area contributed by atoms with Gasteiger partial charge in [-0.05, 0) is 121 Å². The van der Waals surface area contributed by atoms with Crippen molar-refractivity contribution in [3.63, 3.8) is 0 Å². The van der Waals surface area contributed by atoms with Gasteiger partial charge in [-0.2, -0.15) is 23.5 Å². The van der Waals surface area contributed by atoms with Gasteiger partial charge < -0.3 is 15.0 Å². The van der Waals surface area contributed by atoms with Crippen LogP contribution in [0.4, 0.5) is 24.5 Å². The molecule has 320 valence electrons. The average molecular weight is 849 g/mol. The van der Waals surface area contributed by atoms with Crippen molar-refractivity contribution in [1.82, 2.24) is 24.9 Å². The van der Waals surface area contributed by atoms with E-state index in [1.807, 2.05) is 23.1 Å². The lowest BCUT2D eigenvalue weighted by Crippen LogP contribution is -2.51. The fraction of sp³-hybridized carbons (Fsp3) is 0.558. The van der Waals surface area contributed by atoms with Crippen LogP contribution in [0.3, 0.4) is 0 Å². The molecule has 0 bridgehead atoms. The summed E-state index contributed by atoms with van der Waals surface area (Å²) in [5.74, 6) is -1.30. The topological polar surface area (TPSA) is 153 Å². The molecule has 0 spiro atoms. The Morgan fingerprint density at radius 1 is 1.07 bits per heavy atom. The number of para-hydroxylation sites is 1. The molecule has 3 aromatic rings. The molecule has 0 radical (unpaired) electrons. The van der Waals surface area contributed by atoms with Crippen molar-refractivity contribution in [2.24, 2.45) is 13.0 Å². The molecule has 4 fully saturated rings. The monoisotopic (exact) mass is 848 g/mol. The van der Waals surface area contributed by atoms with Crippen molar-refractivity contribution >= 4 is 63.2 Å². The average Bonchev–Trinajstić information content (AvgIpc) is 3.61. The highest BCUT2D eigenvalue weighted by atomic mass is 32.1. The number of imide groups is 1. The third-order valence-corrected chi connectivity index (χ3v) is 13.2. The number of piperidine rings is 2. The number of likely N-dealkylation sites (tertiary alicyclic amines) is 1. The maximum atomic E-state index is 13.8. The largest absolute Gasteiger partial charge is 0.417 e. The predicted molar refractivity (Wildman–Crippen MR) is 222 cm³/mol. The molecule has 4 atom stereocenters. The Kier molecular flexibility index (Phi) is 12.1. The number of nitriles is 1. The summed E-state index contributed by atoms with van der Waals surface area (Å²) in [6, 6.07) is 10.6. The molecule has 13 nitrogen and oxygen atoms in total. The number of halogens is 3. The third kappa shape index (κ3) is 8.38. The molecule has 1 unspecified atom stereocenters. The molecule has 1 aromatic heterocycles. The Bertz CT molecular complexity index is 2230. The molecule has 4 aliphatic rings. The van der Waals surface area contributed by atoms with Gasteiger partial charge in [0, 0.05) is 43.6 Å². The van der Waals surface area contributed by atoms with E-state index >= 15 is 0 Å². The smallest absolute Gasteiger partial charge is 0.378 e. The van der Waals surface area contributed by atoms with Crippen molar-refractivity contribution in [1.29, 1.82) is 5.26 Å². The van der Waals surface area contributed by atoms with E-state index in [9.17, 15) is 37.6 Å². The first kappa shape index (κ1) is 43.2. The molecule has 7 rings (SSSR count). The van der Waals surface area contributed by atoms with Crippen molar-refractivity contribution in [3.8, 4) is 6.07 Å². The van der Waals surface area contributed by atoms with Gasteiger partial charge in [0.2, 0.25) is 17.7 Å². The summed E-state index contributed by atoms with van der Waals surface area (Å²) in [5.41, 5.74) is -0.784. The normalized spacial score (nSPS) is 26.4. The van der Waals surface area contributed by atoms with Crippen LogP contribution in [0.25, 0.3) is 10.9 Å². The number of alkyl halides is 3. The van der Waals surface area contributed by atoms with Crippen LogP contribution in [0.2, 0.25) is 0 Å². The van der Waals surface area contributed by atoms with Crippen LogP contribution in [0.5, 0.6) is 0 Å². The highest BCUT2D eigenvalue weighted by Crippen LogP contribution is 2.41. The number of carbonyl (C=O) groups is 4. The molecule has 17 heteroatoms. The second-order valence-corrected chi connectivity index (χ2v) is 17.6. The summed E-state index contributed by atoms with van der Waals surface area (Å²) in [5, 5.41) is 20.3. The van der Waals surface area contributed by atoms with Gasteiger partial charge in [-0.25, -0.2) is 0 Å². The Morgan fingerprint density at radius 3 is 2.42 bits per heavy atom. The molecule has 3 aliphatic heterocycles. The molecular weight excluding hydrogens is 798 g/mol. The van der Waals surface area contributed by atoms with Gasteiger partial charge in [-0.1, -0.05) is 12.1 Å². The number of amides is 4. The fourth-order valence-corrected chi connectivity index (χ4v) is 10.4. The van der Waals surface area contributed by atoms with Crippen LogP contribution in [0.15, 0.2) is 36.4 Å². The predicted octanol–water partition coefficient (Wildman–Crippen LogP) is 6.54. The summed E-state index contributed by atoms with van der Waals surface area (Å²) in [6.07, 6.45) is 1.60. The molecule has 2 N–H and O–H groups in total. The van der Waals surface area contributed by atoms with E-state index in [0.29, 0.717) is 43.2 Å². The second kappa shape index (κ2) is 16.9. The lowest BCUT2D eigenvalue weighted by atomic mass is 9.85. The number of nitrogens with one attached hydrogen (secondary N) is 2. The summed E-state index contributed by atoms with van der Waals surface area (Å²) < 4.78 is 49.4. The maximum absolute atomic E-state index is 13.8. The van der Waals surface area contributed by atoms with E-state index < -0.39 is 34.7 Å². The highest BCUT2D eigenvalue weighted by Gasteiger charge is 2.53. The van der Waals surface area contributed by atoms with Crippen LogP contribution in [-0.4, -0.2) is 91.2 Å². The molecular formula is C43H51F3N8O5S. The zero-order valence-electron chi connectivity index (χ0n) is 34.5. The van der Waals surface area contributed by atoms with Crippen LogP contribution in [-0.2, 0) is 37.1 Å². The molecule has 2 aromatic carbocycles. The molecule has 1 aliphatic carbocycles. The number of ether oxygens (including phenoxy) is 1. The van der Waals surface area contributed by atoms with Crippen LogP contribution < -0.4 is 15.5 Å². The van der Waals surface area contributed by atoms with Crippen molar-refractivity contribution in [2.45, 2.75) is 127 Å². The number of anilines is 2. The SMILES string of the molecule is C[C@@H]1C[C@@H](CCO[C@H]2CC[C@H](N3C(=S)N(c4ccc(C#N)c(C(F)(F)F)c4)C(=O)C3(C)C)CC2)C[C@H](C)N1CC(=O)Nc1cccc2c(C3CCC(=O)NC3=O)nn(C)c12.